The first-order valence-corrected chi connectivity index (χ1v) is 13.6. The average Bonchev–Trinajstić information content (AvgIpc) is 2.92. The highest BCUT2D eigenvalue weighted by molar-refractivity contribution is 5.91. The summed E-state index contributed by atoms with van der Waals surface area (Å²) in [6.07, 6.45) is 14.1. The second kappa shape index (κ2) is 15.9. The van der Waals surface area contributed by atoms with Crippen LogP contribution in [0.15, 0.2) is 66.9 Å². The van der Waals surface area contributed by atoms with E-state index in [-0.39, 0.29) is 5.97 Å². The lowest BCUT2D eigenvalue weighted by Gasteiger charge is -2.08. The molecule has 0 aliphatic carbocycles. The van der Waals surface area contributed by atoms with Gasteiger partial charge >= 0.3 is 5.97 Å². The molecular weight excluding hydrogens is 446 g/mol. The molecule has 0 saturated carbocycles. The molecule has 0 bridgehead atoms. The highest BCUT2D eigenvalue weighted by Crippen LogP contribution is 2.22. The summed E-state index contributed by atoms with van der Waals surface area (Å²) in [7, 11) is 0. The Bertz CT molecular complexity index is 1010. The van der Waals surface area contributed by atoms with Crippen LogP contribution in [0.1, 0.15) is 93.1 Å². The molecule has 36 heavy (non-hydrogen) atoms. The first-order chi connectivity index (χ1) is 17.7. The van der Waals surface area contributed by atoms with E-state index in [2.05, 4.69) is 18.8 Å². The number of carbonyl (C=O) groups is 1. The van der Waals surface area contributed by atoms with Gasteiger partial charge in [0, 0.05) is 18.4 Å². The van der Waals surface area contributed by atoms with Crippen molar-refractivity contribution in [2.75, 3.05) is 6.61 Å². The van der Waals surface area contributed by atoms with Crippen molar-refractivity contribution in [3.8, 4) is 17.0 Å². The number of hydrogen-bond acceptors (Lipinski definition) is 4. The minimum absolute atomic E-state index is 0.338. The number of benzene rings is 2. The molecule has 4 heteroatoms. The van der Waals surface area contributed by atoms with Crippen LogP contribution in [0.2, 0.25) is 0 Å². The first-order valence-electron chi connectivity index (χ1n) is 13.6. The molecule has 1 aromatic heterocycles. The van der Waals surface area contributed by atoms with Crippen molar-refractivity contribution in [3.63, 3.8) is 0 Å². The summed E-state index contributed by atoms with van der Waals surface area (Å²) < 4.78 is 11.3. The second-order valence-corrected chi connectivity index (χ2v) is 9.44. The number of rotatable bonds is 16. The van der Waals surface area contributed by atoms with E-state index in [4.69, 9.17) is 9.47 Å². The van der Waals surface area contributed by atoms with Crippen molar-refractivity contribution in [2.45, 2.75) is 84.7 Å². The molecule has 0 atom stereocenters. The van der Waals surface area contributed by atoms with Crippen LogP contribution in [0, 0.1) is 0 Å². The van der Waals surface area contributed by atoms with Crippen LogP contribution in [-0.2, 0) is 17.8 Å². The Hall–Kier alpha value is -2.98. The molecular formula is C32H41NO3. The SMILES string of the molecule is CCCCCCCCc1ccc(C(=O)Oc2ccc(-c3ccc(COCCCCC)cn3)cc2)cc1. The van der Waals surface area contributed by atoms with E-state index in [0.29, 0.717) is 17.9 Å². The number of aryl methyl sites for hydroxylation is 1. The van der Waals surface area contributed by atoms with E-state index >= 15 is 0 Å². The number of ether oxygens (including phenoxy) is 2. The lowest BCUT2D eigenvalue weighted by atomic mass is 10.0. The lowest BCUT2D eigenvalue weighted by Crippen LogP contribution is -2.08. The van der Waals surface area contributed by atoms with Gasteiger partial charge in [-0.2, -0.15) is 0 Å². The zero-order valence-electron chi connectivity index (χ0n) is 22.0. The minimum Gasteiger partial charge on any atom is -0.423 e. The maximum atomic E-state index is 12.6. The quantitative estimate of drug-likeness (QED) is 0.115. The number of hydrogen-bond donors (Lipinski definition) is 0. The number of pyridine rings is 1. The largest absolute Gasteiger partial charge is 0.423 e. The highest BCUT2D eigenvalue weighted by Gasteiger charge is 2.09. The minimum atomic E-state index is -0.338. The van der Waals surface area contributed by atoms with Crippen LogP contribution >= 0.6 is 0 Å². The van der Waals surface area contributed by atoms with Crippen molar-refractivity contribution in [3.05, 3.63) is 83.6 Å². The highest BCUT2D eigenvalue weighted by atomic mass is 16.5. The van der Waals surface area contributed by atoms with E-state index < -0.39 is 0 Å². The zero-order valence-corrected chi connectivity index (χ0v) is 22.0. The zero-order chi connectivity index (χ0) is 25.4. The van der Waals surface area contributed by atoms with E-state index in [1.807, 2.05) is 66.9 Å². The van der Waals surface area contributed by atoms with Crippen molar-refractivity contribution in [1.29, 1.82) is 0 Å². The van der Waals surface area contributed by atoms with Gasteiger partial charge in [-0.3, -0.25) is 4.98 Å². The predicted octanol–water partition coefficient (Wildman–Crippen LogP) is 8.58. The maximum absolute atomic E-state index is 12.6. The van der Waals surface area contributed by atoms with Gasteiger partial charge in [0.2, 0.25) is 0 Å². The fourth-order valence-electron chi connectivity index (χ4n) is 4.10. The number of carbonyl (C=O) groups excluding carboxylic acids is 1. The second-order valence-electron chi connectivity index (χ2n) is 9.44. The maximum Gasteiger partial charge on any atom is 0.343 e. The van der Waals surface area contributed by atoms with Gasteiger partial charge < -0.3 is 9.47 Å². The summed E-state index contributed by atoms with van der Waals surface area (Å²) in [6.45, 7) is 5.81. The fourth-order valence-corrected chi connectivity index (χ4v) is 4.10. The van der Waals surface area contributed by atoms with Gasteiger partial charge in [-0.15, -0.1) is 0 Å². The van der Waals surface area contributed by atoms with Crippen molar-refractivity contribution in [1.82, 2.24) is 4.98 Å². The van der Waals surface area contributed by atoms with E-state index in [1.54, 1.807) is 0 Å². The third-order valence-corrected chi connectivity index (χ3v) is 6.35. The molecule has 2 aromatic carbocycles. The van der Waals surface area contributed by atoms with Gasteiger partial charge in [-0.05, 0) is 72.9 Å². The van der Waals surface area contributed by atoms with Gasteiger partial charge in [0.25, 0.3) is 0 Å². The summed E-state index contributed by atoms with van der Waals surface area (Å²) in [5.41, 5.74) is 4.76. The molecule has 0 aliphatic heterocycles. The van der Waals surface area contributed by atoms with Gasteiger partial charge in [-0.1, -0.05) is 77.0 Å². The van der Waals surface area contributed by atoms with E-state index in [1.165, 1.54) is 56.9 Å². The molecule has 0 spiro atoms. The third kappa shape index (κ3) is 9.58. The monoisotopic (exact) mass is 487 g/mol. The lowest BCUT2D eigenvalue weighted by molar-refractivity contribution is 0.0734. The molecule has 0 saturated heterocycles. The molecule has 1 heterocycles. The van der Waals surface area contributed by atoms with Crippen LogP contribution in [0.5, 0.6) is 5.75 Å². The molecule has 3 rings (SSSR count). The van der Waals surface area contributed by atoms with Crippen LogP contribution in [-0.4, -0.2) is 17.6 Å². The number of nitrogens with zero attached hydrogens (tertiary/aromatic N) is 1. The van der Waals surface area contributed by atoms with Crippen molar-refractivity contribution < 1.29 is 14.3 Å². The molecule has 192 valence electrons. The van der Waals surface area contributed by atoms with Gasteiger partial charge in [-0.25, -0.2) is 4.79 Å². The van der Waals surface area contributed by atoms with Gasteiger partial charge in [0.15, 0.2) is 0 Å². The van der Waals surface area contributed by atoms with Crippen LogP contribution < -0.4 is 4.74 Å². The predicted molar refractivity (Wildman–Crippen MR) is 147 cm³/mol. The molecule has 0 fully saturated rings. The van der Waals surface area contributed by atoms with Crippen LogP contribution in [0.3, 0.4) is 0 Å². The van der Waals surface area contributed by atoms with Gasteiger partial charge in [0.05, 0.1) is 17.9 Å². The van der Waals surface area contributed by atoms with Gasteiger partial charge in [0.1, 0.15) is 5.75 Å². The Balaban J connectivity index is 1.44. The summed E-state index contributed by atoms with van der Waals surface area (Å²) in [5, 5.41) is 0. The Morgan fingerprint density at radius 2 is 1.39 bits per heavy atom. The normalized spacial score (nSPS) is 10.9. The molecule has 4 nitrogen and oxygen atoms in total. The van der Waals surface area contributed by atoms with E-state index in [9.17, 15) is 4.79 Å². The number of unbranched alkanes of at least 4 members (excludes halogenated alkanes) is 7. The van der Waals surface area contributed by atoms with Crippen LogP contribution in [0.25, 0.3) is 11.3 Å². The van der Waals surface area contributed by atoms with Crippen molar-refractivity contribution in [2.24, 2.45) is 0 Å². The smallest absolute Gasteiger partial charge is 0.343 e. The van der Waals surface area contributed by atoms with Crippen LogP contribution in [0.4, 0.5) is 0 Å². The Kier molecular flexibility index (Phi) is 12.2. The topological polar surface area (TPSA) is 48.4 Å². The Morgan fingerprint density at radius 3 is 2.08 bits per heavy atom. The number of esters is 1. The number of aromatic nitrogens is 1. The standard InChI is InChI=1S/C32H41NO3/c1-3-5-7-8-9-10-12-26-13-16-29(17-14-26)32(34)36-30-20-18-28(19-21-30)31-22-15-27(24-33-31)25-35-23-11-6-4-2/h13-22,24H,3-12,23,25H2,1-2H3. The average molecular weight is 488 g/mol. The summed E-state index contributed by atoms with van der Waals surface area (Å²) in [6, 6.07) is 19.3. The van der Waals surface area contributed by atoms with E-state index in [0.717, 1.165) is 36.3 Å². The molecule has 0 aliphatic rings. The third-order valence-electron chi connectivity index (χ3n) is 6.35. The summed E-state index contributed by atoms with van der Waals surface area (Å²) in [4.78, 5) is 17.1. The molecule has 0 N–H and O–H groups in total. The Labute approximate surface area is 217 Å². The molecule has 3 aromatic rings. The summed E-state index contributed by atoms with van der Waals surface area (Å²) in [5.74, 6) is 0.187. The summed E-state index contributed by atoms with van der Waals surface area (Å²) >= 11 is 0. The Morgan fingerprint density at radius 1 is 0.722 bits per heavy atom. The van der Waals surface area contributed by atoms with Crippen molar-refractivity contribution >= 4 is 5.97 Å². The fraction of sp³-hybridized carbons (Fsp3) is 0.438. The first kappa shape index (κ1) is 27.6. The molecule has 0 radical (unpaired) electrons. The molecule has 0 unspecified atom stereocenters. The molecule has 0 amide bonds.